The third-order valence-electron chi connectivity index (χ3n) is 16.5. The normalized spacial score (nSPS) is 17.6. The molecule has 4 unspecified atom stereocenters. The zero-order chi connectivity index (χ0) is 51.4. The summed E-state index contributed by atoms with van der Waals surface area (Å²) in [5.74, 6) is 9.33. The van der Waals surface area contributed by atoms with Crippen molar-refractivity contribution in [2.75, 3.05) is 0 Å². The molecule has 0 spiro atoms. The minimum absolute atomic E-state index is 0.500. The van der Waals surface area contributed by atoms with Gasteiger partial charge >= 0.3 is 0 Å². The lowest BCUT2D eigenvalue weighted by atomic mass is 9.84. The van der Waals surface area contributed by atoms with E-state index < -0.39 is 0 Å². The molecule has 63 heavy (non-hydrogen) atoms. The maximum Gasteiger partial charge on any atom is -0.0359 e. The Morgan fingerprint density at radius 3 is 0.762 bits per heavy atom. The molecule has 0 N–H and O–H groups in total. The van der Waals surface area contributed by atoms with Gasteiger partial charge in [0.2, 0.25) is 0 Å². The molecule has 0 amide bonds. The topological polar surface area (TPSA) is 0 Å². The molecule has 392 valence electrons. The number of rotatable bonds is 14. The van der Waals surface area contributed by atoms with Gasteiger partial charge in [0.05, 0.1) is 0 Å². The van der Waals surface area contributed by atoms with Crippen molar-refractivity contribution < 1.29 is 0 Å². The largest absolute Gasteiger partial charge is 0.0654 e. The van der Waals surface area contributed by atoms with Gasteiger partial charge in [0.25, 0.3) is 0 Å². The number of hydrogen-bond donors (Lipinski definition) is 0. The van der Waals surface area contributed by atoms with Gasteiger partial charge in [-0.25, -0.2) is 0 Å². The van der Waals surface area contributed by atoms with E-state index in [-0.39, 0.29) is 0 Å². The molecule has 0 aromatic heterocycles. The third-order valence-corrected chi connectivity index (χ3v) is 16.5. The second kappa shape index (κ2) is 49.9. The van der Waals surface area contributed by atoms with E-state index in [4.69, 9.17) is 0 Å². The van der Waals surface area contributed by atoms with E-state index in [2.05, 4.69) is 208 Å². The van der Waals surface area contributed by atoms with Gasteiger partial charge in [0, 0.05) is 0 Å². The van der Waals surface area contributed by atoms with Gasteiger partial charge in [-0.15, -0.1) is 0 Å². The van der Waals surface area contributed by atoms with Crippen LogP contribution in [0.2, 0.25) is 0 Å². The predicted molar refractivity (Wildman–Crippen MR) is 305 cm³/mol. The molecular formula is C63H140. The first-order valence-corrected chi connectivity index (χ1v) is 28.9. The van der Waals surface area contributed by atoms with Crippen LogP contribution in [0.5, 0.6) is 0 Å². The van der Waals surface area contributed by atoms with Gasteiger partial charge in [-0.3, -0.25) is 0 Å². The number of hydrogen-bond acceptors (Lipinski definition) is 0. The van der Waals surface area contributed by atoms with Crippen LogP contribution in [-0.4, -0.2) is 0 Å². The molecule has 2 aliphatic carbocycles. The minimum Gasteiger partial charge on any atom is -0.0654 e. The van der Waals surface area contributed by atoms with Crippen molar-refractivity contribution in [3.8, 4) is 0 Å². The Morgan fingerprint density at radius 1 is 0.397 bits per heavy atom. The van der Waals surface area contributed by atoms with E-state index >= 15 is 0 Å². The Morgan fingerprint density at radius 2 is 0.698 bits per heavy atom. The monoisotopic (exact) mass is 897 g/mol. The Kier molecular flexibility index (Phi) is 61.2. The van der Waals surface area contributed by atoms with Gasteiger partial charge in [0.1, 0.15) is 0 Å². The molecule has 5 atom stereocenters. The molecule has 0 aromatic rings. The van der Waals surface area contributed by atoms with E-state index in [1.807, 2.05) is 0 Å². The summed E-state index contributed by atoms with van der Waals surface area (Å²) in [4.78, 5) is 0. The standard InChI is InChI=1S/2C7H14.7C7H16/c1-6-4-3-5-7(6)2;1-7-5-3-2-4-6-7;1-6(2)7(3,4)5;2*1-5-7(3,4)6-2;2*1-5-7(4)6(2)3;1-4-6-7(3)5-2;1-4-7(5-2)6-3/h6-7H,3-5H2,1-2H3;7H,2-6H2,1H3;6H,1-5H3;2*5-6H2,1-4H3;2*6-7H,5H2,1-4H3;2*7H,4-6H2,1-3H3/t6-,7?;;;;;;;;/m1......../s1. The second-order valence-corrected chi connectivity index (χ2v) is 24.5. The molecule has 0 aromatic carbocycles. The van der Waals surface area contributed by atoms with E-state index in [1.165, 1.54) is 128 Å². The summed E-state index contributed by atoms with van der Waals surface area (Å²) in [6.45, 7) is 68.3. The SMILES string of the molecule is CC(C)C(C)(C)C.CC1CCCCC1.CC1CCC[C@H]1C.CCC(C)(C)CC.CCC(C)(C)CC.CCC(C)C(C)C.CCC(C)C(C)C.CCC(CC)CC.CCCC(C)CC. The Bertz CT molecular complexity index is 726. The highest BCUT2D eigenvalue weighted by Gasteiger charge is 2.17. The van der Waals surface area contributed by atoms with E-state index in [0.29, 0.717) is 16.2 Å². The second-order valence-electron chi connectivity index (χ2n) is 24.5. The van der Waals surface area contributed by atoms with Crippen LogP contribution in [0.3, 0.4) is 0 Å². The molecule has 2 saturated carbocycles. The van der Waals surface area contributed by atoms with Crippen molar-refractivity contribution in [1.29, 1.82) is 0 Å². The van der Waals surface area contributed by atoms with Crippen molar-refractivity contribution in [2.24, 2.45) is 75.4 Å². The summed E-state index contributed by atoms with van der Waals surface area (Å²) < 4.78 is 0. The van der Waals surface area contributed by atoms with Crippen molar-refractivity contribution in [2.45, 2.75) is 336 Å². The average molecular weight is 898 g/mol. The summed E-state index contributed by atoms with van der Waals surface area (Å²) in [6, 6.07) is 0. The van der Waals surface area contributed by atoms with Crippen LogP contribution in [0.4, 0.5) is 0 Å². The average Bonchev–Trinajstić information content (AvgIpc) is 3.63. The first kappa shape index (κ1) is 77.2. The van der Waals surface area contributed by atoms with E-state index in [0.717, 1.165) is 59.2 Å². The third kappa shape index (κ3) is 64.1. The molecule has 0 heteroatoms. The predicted octanol–water partition coefficient (Wildman–Crippen LogP) is 24.4. The quantitative estimate of drug-likeness (QED) is 0.163. The Labute approximate surface area is 409 Å². The molecule has 0 radical (unpaired) electrons. The summed E-state index contributed by atoms with van der Waals surface area (Å²) in [5, 5.41) is 0. The zero-order valence-electron chi connectivity index (χ0n) is 51.4. The van der Waals surface area contributed by atoms with Gasteiger partial charge in [-0.05, 0) is 75.4 Å². The highest BCUT2D eigenvalue weighted by atomic mass is 14.2. The molecule has 0 heterocycles. The summed E-state index contributed by atoms with van der Waals surface area (Å²) in [5.41, 5.74) is 1.67. The molecule has 0 aliphatic heterocycles. The zero-order valence-corrected chi connectivity index (χ0v) is 51.4. The van der Waals surface area contributed by atoms with Crippen LogP contribution in [0, 0.1) is 75.4 Å². The first-order valence-electron chi connectivity index (χ1n) is 28.9. The molecule has 0 bridgehead atoms. The van der Waals surface area contributed by atoms with Crippen LogP contribution in [-0.2, 0) is 0 Å². The van der Waals surface area contributed by atoms with Crippen LogP contribution in [0.15, 0.2) is 0 Å². The van der Waals surface area contributed by atoms with Gasteiger partial charge in [0.15, 0.2) is 0 Å². The smallest absolute Gasteiger partial charge is 0.0359 e. The summed E-state index contributed by atoms with van der Waals surface area (Å²) in [7, 11) is 0. The summed E-state index contributed by atoms with van der Waals surface area (Å²) in [6.07, 6.45) is 27.8. The van der Waals surface area contributed by atoms with Gasteiger partial charge < -0.3 is 0 Å². The van der Waals surface area contributed by atoms with Crippen molar-refractivity contribution in [1.82, 2.24) is 0 Å². The molecule has 0 nitrogen and oxygen atoms in total. The lowest BCUT2D eigenvalue weighted by Crippen LogP contribution is -2.12. The highest BCUT2D eigenvalue weighted by Crippen LogP contribution is 2.30. The van der Waals surface area contributed by atoms with Gasteiger partial charge in [-0.1, -0.05) is 336 Å². The van der Waals surface area contributed by atoms with E-state index in [9.17, 15) is 0 Å². The van der Waals surface area contributed by atoms with Gasteiger partial charge in [-0.2, -0.15) is 0 Å². The van der Waals surface area contributed by atoms with Crippen molar-refractivity contribution in [3.05, 3.63) is 0 Å². The molecular weight excluding hydrogens is 757 g/mol. The molecule has 0 saturated heterocycles. The Balaban J connectivity index is -0.000000112. The van der Waals surface area contributed by atoms with Crippen molar-refractivity contribution in [3.63, 3.8) is 0 Å². The fourth-order valence-corrected chi connectivity index (χ4v) is 5.64. The lowest BCUT2D eigenvalue weighted by Gasteiger charge is -2.22. The van der Waals surface area contributed by atoms with E-state index in [1.54, 1.807) is 0 Å². The fraction of sp³-hybridized carbons (Fsp3) is 1.00. The first-order chi connectivity index (χ1) is 28.9. The molecule has 2 aliphatic rings. The maximum atomic E-state index is 2.36. The molecule has 2 fully saturated rings. The summed E-state index contributed by atoms with van der Waals surface area (Å²) >= 11 is 0. The Hall–Kier alpha value is 0. The highest BCUT2D eigenvalue weighted by molar-refractivity contribution is 4.69. The van der Waals surface area contributed by atoms with Crippen LogP contribution in [0.1, 0.15) is 336 Å². The lowest BCUT2D eigenvalue weighted by molar-refractivity contribution is 0.283. The maximum absolute atomic E-state index is 2.36. The van der Waals surface area contributed by atoms with Crippen molar-refractivity contribution >= 4 is 0 Å². The van der Waals surface area contributed by atoms with Crippen LogP contribution >= 0.6 is 0 Å². The molecule has 2 rings (SSSR count). The van der Waals surface area contributed by atoms with Crippen LogP contribution in [0.25, 0.3) is 0 Å². The minimum atomic E-state index is 0.500. The van der Waals surface area contributed by atoms with Crippen LogP contribution < -0.4 is 0 Å². The fourth-order valence-electron chi connectivity index (χ4n) is 5.64.